The lowest BCUT2D eigenvalue weighted by Crippen LogP contribution is -2.34. The highest BCUT2D eigenvalue weighted by atomic mass is 19.4. The van der Waals surface area contributed by atoms with Gasteiger partial charge in [-0.2, -0.15) is 18.4 Å². The molecule has 1 aliphatic heterocycles. The molecular formula is C14H16F3N3O2. The Hall–Kier alpha value is -2.04. The van der Waals surface area contributed by atoms with E-state index in [2.05, 4.69) is 4.98 Å². The number of fused-ring (bicyclic) bond motifs is 1. The van der Waals surface area contributed by atoms with Crippen LogP contribution < -0.4 is 0 Å². The van der Waals surface area contributed by atoms with Crippen molar-refractivity contribution < 1.29 is 22.7 Å². The molecule has 120 valence electrons. The average molecular weight is 315 g/mol. The van der Waals surface area contributed by atoms with Gasteiger partial charge in [0, 0.05) is 25.1 Å². The second kappa shape index (κ2) is 6.38. The standard InChI is InChI=1S/C14H16F3N3O2/c1-2-22-13(21)11-8-20-7-10(14(15,16)17)6-9(4-3-5-18)12(20)19-11/h8-10H,2-4,6-7H2,1H3/t9-,10+/m1/s1. The Morgan fingerprint density at radius 2 is 2.32 bits per heavy atom. The maximum atomic E-state index is 13.0. The summed E-state index contributed by atoms with van der Waals surface area (Å²) >= 11 is 0. The lowest BCUT2D eigenvalue weighted by atomic mass is 9.87. The molecule has 0 fully saturated rings. The van der Waals surface area contributed by atoms with Crippen LogP contribution in [0.2, 0.25) is 0 Å². The van der Waals surface area contributed by atoms with Crippen molar-refractivity contribution in [2.75, 3.05) is 6.61 Å². The zero-order valence-electron chi connectivity index (χ0n) is 12.1. The van der Waals surface area contributed by atoms with Crippen LogP contribution in [-0.2, 0) is 11.3 Å². The van der Waals surface area contributed by atoms with Crippen molar-refractivity contribution in [2.45, 2.75) is 44.8 Å². The van der Waals surface area contributed by atoms with E-state index in [1.807, 2.05) is 6.07 Å². The van der Waals surface area contributed by atoms with E-state index in [-0.39, 0.29) is 31.7 Å². The summed E-state index contributed by atoms with van der Waals surface area (Å²) in [6, 6.07) is 1.94. The Balaban J connectivity index is 2.30. The molecule has 0 aliphatic carbocycles. The molecule has 5 nitrogen and oxygen atoms in total. The second-order valence-electron chi connectivity index (χ2n) is 5.23. The lowest BCUT2D eigenvalue weighted by Gasteiger charge is -2.31. The van der Waals surface area contributed by atoms with Gasteiger partial charge in [-0.05, 0) is 19.8 Å². The smallest absolute Gasteiger partial charge is 0.393 e. The van der Waals surface area contributed by atoms with Crippen LogP contribution in [-0.4, -0.2) is 28.3 Å². The molecule has 2 heterocycles. The van der Waals surface area contributed by atoms with Gasteiger partial charge < -0.3 is 9.30 Å². The summed E-state index contributed by atoms with van der Waals surface area (Å²) in [4.78, 5) is 15.8. The predicted octanol–water partition coefficient (Wildman–Crippen LogP) is 3.03. The minimum atomic E-state index is -4.31. The quantitative estimate of drug-likeness (QED) is 0.801. The first kappa shape index (κ1) is 16.3. The fourth-order valence-corrected chi connectivity index (χ4v) is 2.69. The molecule has 0 saturated heterocycles. The van der Waals surface area contributed by atoms with Gasteiger partial charge in [-0.1, -0.05) is 0 Å². The second-order valence-corrected chi connectivity index (χ2v) is 5.23. The van der Waals surface area contributed by atoms with E-state index >= 15 is 0 Å². The number of esters is 1. The highest BCUT2D eigenvalue weighted by molar-refractivity contribution is 5.87. The number of hydrogen-bond donors (Lipinski definition) is 0. The van der Waals surface area contributed by atoms with Gasteiger partial charge in [0.1, 0.15) is 5.82 Å². The highest BCUT2D eigenvalue weighted by Gasteiger charge is 2.44. The van der Waals surface area contributed by atoms with E-state index in [0.29, 0.717) is 12.2 Å². The van der Waals surface area contributed by atoms with Crippen molar-refractivity contribution >= 4 is 5.97 Å². The molecule has 1 aromatic rings. The molecule has 0 radical (unpaired) electrons. The predicted molar refractivity (Wildman–Crippen MR) is 69.9 cm³/mol. The molecule has 22 heavy (non-hydrogen) atoms. The zero-order valence-corrected chi connectivity index (χ0v) is 12.1. The molecule has 0 bridgehead atoms. The third-order valence-electron chi connectivity index (χ3n) is 3.71. The van der Waals surface area contributed by atoms with Crippen LogP contribution in [0.15, 0.2) is 6.20 Å². The fraction of sp³-hybridized carbons (Fsp3) is 0.643. The Bertz CT molecular complexity index is 589. The van der Waals surface area contributed by atoms with Crippen molar-refractivity contribution in [3.63, 3.8) is 0 Å². The van der Waals surface area contributed by atoms with Gasteiger partial charge in [0.05, 0.1) is 18.6 Å². The third-order valence-corrected chi connectivity index (χ3v) is 3.71. The Labute approximate surface area is 125 Å². The minimum absolute atomic E-state index is 0.0154. The number of nitriles is 1. The van der Waals surface area contributed by atoms with Crippen LogP contribution in [0.5, 0.6) is 0 Å². The molecule has 2 rings (SSSR count). The summed E-state index contributed by atoms with van der Waals surface area (Å²) in [5.41, 5.74) is 0.0154. The van der Waals surface area contributed by atoms with E-state index in [4.69, 9.17) is 10.00 Å². The van der Waals surface area contributed by atoms with Gasteiger partial charge in [0.15, 0.2) is 5.69 Å². The first-order valence-electron chi connectivity index (χ1n) is 7.04. The monoisotopic (exact) mass is 315 g/mol. The third kappa shape index (κ3) is 3.40. The van der Waals surface area contributed by atoms with Crippen LogP contribution in [0.3, 0.4) is 0 Å². The first-order chi connectivity index (χ1) is 10.4. The maximum Gasteiger partial charge on any atom is 0.393 e. The summed E-state index contributed by atoms with van der Waals surface area (Å²) in [5, 5.41) is 8.66. The highest BCUT2D eigenvalue weighted by Crippen LogP contribution is 2.41. The zero-order chi connectivity index (χ0) is 16.3. The van der Waals surface area contributed by atoms with E-state index in [0.717, 1.165) is 0 Å². The summed E-state index contributed by atoms with van der Waals surface area (Å²) in [6.45, 7) is 1.56. The topological polar surface area (TPSA) is 67.9 Å². The van der Waals surface area contributed by atoms with Gasteiger partial charge in [-0.25, -0.2) is 9.78 Å². The van der Waals surface area contributed by atoms with Crippen LogP contribution in [0, 0.1) is 17.2 Å². The number of imidazole rings is 1. The number of halogens is 3. The van der Waals surface area contributed by atoms with Gasteiger partial charge in [0.25, 0.3) is 0 Å². The summed E-state index contributed by atoms with van der Waals surface area (Å²) in [6.07, 6.45) is -2.66. The van der Waals surface area contributed by atoms with E-state index < -0.39 is 24.0 Å². The van der Waals surface area contributed by atoms with E-state index in [9.17, 15) is 18.0 Å². The number of aromatic nitrogens is 2. The van der Waals surface area contributed by atoms with Crippen molar-refractivity contribution in [1.29, 1.82) is 5.26 Å². The average Bonchev–Trinajstić information content (AvgIpc) is 2.88. The molecular weight excluding hydrogens is 299 g/mol. The van der Waals surface area contributed by atoms with Crippen molar-refractivity contribution in [3.8, 4) is 6.07 Å². The first-order valence-corrected chi connectivity index (χ1v) is 7.04. The normalized spacial score (nSPS) is 21.0. The number of nitrogens with zero attached hydrogens (tertiary/aromatic N) is 3. The molecule has 0 saturated carbocycles. The fourth-order valence-electron chi connectivity index (χ4n) is 2.69. The molecule has 1 aromatic heterocycles. The molecule has 0 unspecified atom stereocenters. The maximum absolute atomic E-state index is 13.0. The van der Waals surface area contributed by atoms with E-state index in [1.54, 1.807) is 6.92 Å². The van der Waals surface area contributed by atoms with Gasteiger partial charge in [-0.15, -0.1) is 0 Å². The molecule has 2 atom stereocenters. The summed E-state index contributed by atoms with van der Waals surface area (Å²) in [7, 11) is 0. The summed E-state index contributed by atoms with van der Waals surface area (Å²) in [5.74, 6) is -2.19. The molecule has 0 aromatic carbocycles. The minimum Gasteiger partial charge on any atom is -0.461 e. The number of carbonyl (C=O) groups is 1. The van der Waals surface area contributed by atoms with E-state index in [1.165, 1.54) is 10.8 Å². The van der Waals surface area contributed by atoms with Crippen molar-refractivity contribution in [2.24, 2.45) is 5.92 Å². The van der Waals surface area contributed by atoms with Gasteiger partial charge >= 0.3 is 12.1 Å². The molecule has 0 N–H and O–H groups in total. The number of ether oxygens (including phenoxy) is 1. The molecule has 0 amide bonds. The molecule has 8 heteroatoms. The number of hydrogen-bond acceptors (Lipinski definition) is 4. The number of alkyl halides is 3. The van der Waals surface area contributed by atoms with Crippen molar-refractivity contribution in [3.05, 3.63) is 17.7 Å². The van der Waals surface area contributed by atoms with Crippen LogP contribution in [0.25, 0.3) is 0 Å². The molecule has 1 aliphatic rings. The SMILES string of the molecule is CCOC(=O)c1cn2c(n1)[C@H](CCC#N)C[C@H](C(F)(F)F)C2. The molecule has 0 spiro atoms. The largest absolute Gasteiger partial charge is 0.461 e. The van der Waals surface area contributed by atoms with Crippen LogP contribution in [0.1, 0.15) is 48.4 Å². The Morgan fingerprint density at radius 1 is 1.59 bits per heavy atom. The van der Waals surface area contributed by atoms with Gasteiger partial charge in [0.2, 0.25) is 0 Å². The van der Waals surface area contributed by atoms with Crippen molar-refractivity contribution in [1.82, 2.24) is 9.55 Å². The lowest BCUT2D eigenvalue weighted by molar-refractivity contribution is -0.184. The Kier molecular flexibility index (Phi) is 4.74. The van der Waals surface area contributed by atoms with Gasteiger partial charge in [-0.3, -0.25) is 0 Å². The Morgan fingerprint density at radius 3 is 2.91 bits per heavy atom. The van der Waals surface area contributed by atoms with Crippen LogP contribution >= 0.6 is 0 Å². The summed E-state index contributed by atoms with van der Waals surface area (Å²) < 4.78 is 45.3. The number of carbonyl (C=O) groups excluding carboxylic acids is 1. The van der Waals surface area contributed by atoms with Crippen LogP contribution in [0.4, 0.5) is 13.2 Å². The number of rotatable bonds is 4.